The molecule has 6 nitrogen and oxygen atoms in total. The van der Waals surface area contributed by atoms with Crippen LogP contribution in [0.2, 0.25) is 0 Å². The van der Waals surface area contributed by atoms with Crippen LogP contribution in [0, 0.1) is 11.7 Å². The molecule has 0 atom stereocenters. The van der Waals surface area contributed by atoms with Crippen LogP contribution in [0.1, 0.15) is 41.6 Å². The van der Waals surface area contributed by atoms with Crippen LogP contribution in [0.4, 0.5) is 10.3 Å². The smallest absolute Gasteiger partial charge is 0.339 e. The number of fused-ring (bicyclic) bond motifs is 2. The molecular weight excluding hydrogens is 397 g/mol. The molecule has 1 fully saturated rings. The van der Waals surface area contributed by atoms with Gasteiger partial charge in [-0.1, -0.05) is 36.4 Å². The second kappa shape index (κ2) is 7.58. The predicted octanol–water partition coefficient (Wildman–Crippen LogP) is 4.48. The number of halogens is 1. The van der Waals surface area contributed by atoms with E-state index in [1.807, 2.05) is 30.3 Å². The van der Waals surface area contributed by atoms with Crippen molar-refractivity contribution in [1.82, 2.24) is 9.97 Å². The van der Waals surface area contributed by atoms with Crippen molar-refractivity contribution in [2.45, 2.75) is 31.3 Å². The van der Waals surface area contributed by atoms with E-state index in [0.29, 0.717) is 31.2 Å². The average Bonchev–Trinajstić information content (AvgIpc) is 3.07. The standard InChI is InChI=1S/C24H20FN3O3/c25-19-8-4-7-18-20(19)24(31-22(18)30)11-9-16(10-12-24)21(29)28-23-26-13-17(14-27-23)15-5-2-1-3-6-15/h1-8,13-14,16H,9-12H2,(H,26,27,28,29). The van der Waals surface area contributed by atoms with Crippen LogP contribution in [0.3, 0.4) is 0 Å². The zero-order valence-corrected chi connectivity index (χ0v) is 16.7. The van der Waals surface area contributed by atoms with Gasteiger partial charge in [0.15, 0.2) is 0 Å². The van der Waals surface area contributed by atoms with Gasteiger partial charge < -0.3 is 4.74 Å². The number of nitrogens with zero attached hydrogens (tertiary/aromatic N) is 2. The van der Waals surface area contributed by atoms with Crippen LogP contribution in [0.15, 0.2) is 60.9 Å². The number of hydrogen-bond acceptors (Lipinski definition) is 5. The lowest BCUT2D eigenvalue weighted by Gasteiger charge is -2.35. The Labute approximate surface area is 178 Å². The Morgan fingerprint density at radius 1 is 1.00 bits per heavy atom. The summed E-state index contributed by atoms with van der Waals surface area (Å²) in [4.78, 5) is 33.4. The summed E-state index contributed by atoms with van der Waals surface area (Å²) in [6.45, 7) is 0. The monoisotopic (exact) mass is 417 g/mol. The van der Waals surface area contributed by atoms with Crippen molar-refractivity contribution in [3.8, 4) is 11.1 Å². The molecule has 1 amide bonds. The number of nitrogens with one attached hydrogen (secondary N) is 1. The molecule has 1 saturated carbocycles. The van der Waals surface area contributed by atoms with E-state index in [0.717, 1.165) is 11.1 Å². The van der Waals surface area contributed by atoms with Gasteiger partial charge in [-0.25, -0.2) is 19.2 Å². The fraction of sp³-hybridized carbons (Fsp3) is 0.250. The predicted molar refractivity (Wildman–Crippen MR) is 112 cm³/mol. The van der Waals surface area contributed by atoms with Crippen molar-refractivity contribution in [3.63, 3.8) is 0 Å². The number of ether oxygens (including phenoxy) is 1. The largest absolute Gasteiger partial charge is 0.450 e. The van der Waals surface area contributed by atoms with Gasteiger partial charge in [0.2, 0.25) is 11.9 Å². The van der Waals surface area contributed by atoms with E-state index in [2.05, 4.69) is 15.3 Å². The number of benzene rings is 2. The van der Waals surface area contributed by atoms with Crippen molar-refractivity contribution in [2.75, 3.05) is 5.32 Å². The molecule has 156 valence electrons. The third-order valence-corrected chi connectivity index (χ3v) is 6.14. The summed E-state index contributed by atoms with van der Waals surface area (Å²) in [6, 6.07) is 14.2. The van der Waals surface area contributed by atoms with Crippen molar-refractivity contribution < 1.29 is 18.7 Å². The number of rotatable bonds is 3. The quantitative estimate of drug-likeness (QED) is 0.636. The van der Waals surface area contributed by atoms with Crippen LogP contribution in [-0.4, -0.2) is 21.8 Å². The Morgan fingerprint density at radius 2 is 1.71 bits per heavy atom. The molecule has 5 rings (SSSR count). The molecule has 1 spiro atoms. The highest BCUT2D eigenvalue weighted by Gasteiger charge is 2.50. The maximum atomic E-state index is 14.5. The number of carbonyl (C=O) groups is 2. The van der Waals surface area contributed by atoms with E-state index in [1.165, 1.54) is 12.1 Å². The Kier molecular flexibility index (Phi) is 4.73. The van der Waals surface area contributed by atoms with Gasteiger partial charge in [-0.05, 0) is 43.4 Å². The molecule has 0 bridgehead atoms. The van der Waals surface area contributed by atoms with Crippen LogP contribution < -0.4 is 5.32 Å². The van der Waals surface area contributed by atoms with Gasteiger partial charge in [0.25, 0.3) is 0 Å². The molecule has 1 aliphatic heterocycles. The summed E-state index contributed by atoms with van der Waals surface area (Å²) in [5.41, 5.74) is 1.51. The summed E-state index contributed by atoms with van der Waals surface area (Å²) in [5.74, 6) is -1.14. The molecule has 1 N–H and O–H groups in total. The first-order valence-electron chi connectivity index (χ1n) is 10.3. The molecular formula is C24H20FN3O3. The van der Waals surface area contributed by atoms with Gasteiger partial charge >= 0.3 is 5.97 Å². The van der Waals surface area contributed by atoms with Gasteiger partial charge in [0, 0.05) is 29.4 Å². The van der Waals surface area contributed by atoms with Gasteiger partial charge in [-0.3, -0.25) is 10.1 Å². The molecule has 0 radical (unpaired) electrons. The number of carbonyl (C=O) groups excluding carboxylic acids is 2. The zero-order chi connectivity index (χ0) is 21.4. The number of amides is 1. The lowest BCUT2D eigenvalue weighted by Crippen LogP contribution is -2.36. The Morgan fingerprint density at radius 3 is 2.42 bits per heavy atom. The number of aromatic nitrogens is 2. The number of anilines is 1. The van der Waals surface area contributed by atoms with Crippen LogP contribution in [0.5, 0.6) is 0 Å². The van der Waals surface area contributed by atoms with Gasteiger partial charge in [0.1, 0.15) is 11.4 Å². The molecule has 1 aliphatic carbocycles. The molecule has 2 aromatic carbocycles. The minimum absolute atomic E-state index is 0.180. The summed E-state index contributed by atoms with van der Waals surface area (Å²) >= 11 is 0. The number of hydrogen-bond donors (Lipinski definition) is 1. The molecule has 2 aliphatic rings. The second-order valence-electron chi connectivity index (χ2n) is 7.97. The van der Waals surface area contributed by atoms with E-state index in [1.54, 1.807) is 18.5 Å². The highest BCUT2D eigenvalue weighted by atomic mass is 19.1. The summed E-state index contributed by atoms with van der Waals surface area (Å²) in [5, 5.41) is 2.77. The third-order valence-electron chi connectivity index (χ3n) is 6.14. The highest BCUT2D eigenvalue weighted by Crippen LogP contribution is 2.49. The Balaban J connectivity index is 1.25. The van der Waals surface area contributed by atoms with Crippen molar-refractivity contribution in [2.24, 2.45) is 5.92 Å². The van der Waals surface area contributed by atoms with Gasteiger partial charge in [0.05, 0.1) is 5.56 Å². The Bertz CT molecular complexity index is 1140. The third kappa shape index (κ3) is 3.46. The minimum atomic E-state index is -0.970. The molecule has 31 heavy (non-hydrogen) atoms. The van der Waals surface area contributed by atoms with E-state index in [9.17, 15) is 14.0 Å². The summed E-state index contributed by atoms with van der Waals surface area (Å²) in [7, 11) is 0. The lowest BCUT2D eigenvalue weighted by atomic mass is 9.74. The van der Waals surface area contributed by atoms with Crippen molar-refractivity contribution in [1.29, 1.82) is 0 Å². The normalized spacial score (nSPS) is 22.1. The molecule has 0 unspecified atom stereocenters. The molecule has 1 aromatic heterocycles. The topological polar surface area (TPSA) is 81.2 Å². The van der Waals surface area contributed by atoms with Crippen LogP contribution >= 0.6 is 0 Å². The first-order valence-corrected chi connectivity index (χ1v) is 10.3. The number of esters is 1. The van der Waals surface area contributed by atoms with Gasteiger partial charge in [-0.15, -0.1) is 0 Å². The maximum Gasteiger partial charge on any atom is 0.339 e. The summed E-state index contributed by atoms with van der Waals surface area (Å²) in [6.07, 6.45) is 5.11. The fourth-order valence-corrected chi connectivity index (χ4v) is 4.52. The van der Waals surface area contributed by atoms with E-state index in [4.69, 9.17) is 4.74 Å². The maximum absolute atomic E-state index is 14.5. The zero-order valence-electron chi connectivity index (χ0n) is 16.7. The van der Waals surface area contributed by atoms with Crippen molar-refractivity contribution >= 4 is 17.8 Å². The van der Waals surface area contributed by atoms with Crippen molar-refractivity contribution in [3.05, 3.63) is 77.9 Å². The van der Waals surface area contributed by atoms with E-state index in [-0.39, 0.29) is 23.3 Å². The SMILES string of the molecule is O=C1OC2(CCC(C(=O)Nc3ncc(-c4ccccc4)cn3)CC2)c2c(F)cccc21. The summed E-state index contributed by atoms with van der Waals surface area (Å²) < 4.78 is 20.1. The average molecular weight is 417 g/mol. The van der Waals surface area contributed by atoms with E-state index >= 15 is 0 Å². The molecule has 2 heterocycles. The van der Waals surface area contributed by atoms with Crippen LogP contribution in [0.25, 0.3) is 11.1 Å². The fourth-order valence-electron chi connectivity index (χ4n) is 4.52. The first kappa shape index (κ1) is 19.4. The highest BCUT2D eigenvalue weighted by molar-refractivity contribution is 5.95. The molecule has 0 saturated heterocycles. The van der Waals surface area contributed by atoms with E-state index < -0.39 is 17.4 Å². The van der Waals surface area contributed by atoms with Crippen LogP contribution in [-0.2, 0) is 15.1 Å². The first-order chi connectivity index (χ1) is 15.1. The van der Waals surface area contributed by atoms with Gasteiger partial charge in [-0.2, -0.15) is 0 Å². The Hall–Kier alpha value is -3.61. The lowest BCUT2D eigenvalue weighted by molar-refractivity contribution is -0.122. The second-order valence-corrected chi connectivity index (χ2v) is 7.97. The molecule has 3 aromatic rings. The molecule has 7 heteroatoms. The minimum Gasteiger partial charge on any atom is -0.450 e.